The number of carbonyl (C=O) groups is 1. The number of aromatic amines is 1. The second-order valence-corrected chi connectivity index (χ2v) is 10.3. The maximum absolute atomic E-state index is 14.3. The fourth-order valence-electron chi connectivity index (χ4n) is 3.22. The minimum absolute atomic E-state index is 0.0255. The van der Waals surface area contributed by atoms with Crippen LogP contribution in [-0.2, 0) is 15.8 Å². The van der Waals surface area contributed by atoms with E-state index in [2.05, 4.69) is 36.0 Å². The van der Waals surface area contributed by atoms with E-state index in [0.29, 0.717) is 6.92 Å². The van der Waals surface area contributed by atoms with E-state index in [1.165, 1.54) is 12.3 Å². The Balaban J connectivity index is 1.79. The van der Waals surface area contributed by atoms with Crippen molar-refractivity contribution in [2.45, 2.75) is 31.7 Å². The molecule has 2 heterocycles. The highest BCUT2D eigenvalue weighted by atomic mass is 32.2. The Morgan fingerprint density at radius 3 is 2.56 bits per heavy atom. The molecule has 1 amide bonds. The van der Waals surface area contributed by atoms with E-state index in [-0.39, 0.29) is 28.9 Å². The number of carbonyl (C=O) groups excluding carboxylic acids is 1. The fraction of sp³-hybridized carbons (Fsp3) is 0.318. The molecule has 1 aromatic carbocycles. The summed E-state index contributed by atoms with van der Waals surface area (Å²) in [4.78, 5) is 21.3. The minimum Gasteiger partial charge on any atom is -0.438 e. The molecule has 1 saturated carbocycles. The lowest BCUT2D eigenvalue weighted by Crippen LogP contribution is -2.36. The molecule has 1 fully saturated rings. The minimum atomic E-state index is -3.46. The number of sulfone groups is 1. The lowest BCUT2D eigenvalue weighted by Gasteiger charge is -2.20. The quantitative estimate of drug-likeness (QED) is 0.366. The van der Waals surface area contributed by atoms with Gasteiger partial charge in [-0.2, -0.15) is 24.1 Å². The average Bonchev–Trinajstić information content (AvgIpc) is 3.52. The molecule has 0 aliphatic heterocycles. The summed E-state index contributed by atoms with van der Waals surface area (Å²) in [6.45, 7) is 0.618. The molecular weight excluding hydrogens is 496 g/mol. The van der Waals surface area contributed by atoms with E-state index in [1.54, 1.807) is 30.3 Å². The number of amides is 1. The second kappa shape index (κ2) is 9.97. The summed E-state index contributed by atoms with van der Waals surface area (Å²) in [5.41, 5.74) is -0.270. The number of aromatic nitrogens is 5. The normalized spacial score (nSPS) is 15.0. The Hall–Kier alpha value is -3.94. The van der Waals surface area contributed by atoms with Gasteiger partial charge in [-0.15, -0.1) is 5.10 Å². The summed E-state index contributed by atoms with van der Waals surface area (Å²) in [5, 5.41) is 16.3. The Labute approximate surface area is 205 Å². The van der Waals surface area contributed by atoms with Crippen LogP contribution < -0.4 is 15.4 Å². The summed E-state index contributed by atoms with van der Waals surface area (Å²) in [6.07, 6.45) is 5.27. The summed E-state index contributed by atoms with van der Waals surface area (Å²) in [5.74, 6) is -5.43. The highest BCUT2D eigenvalue weighted by Gasteiger charge is 2.36. The second-order valence-electron chi connectivity index (χ2n) is 8.35. The number of benzene rings is 1. The monoisotopic (exact) mass is 519 g/mol. The fourth-order valence-corrected chi connectivity index (χ4v) is 3.67. The molecule has 11 nitrogen and oxygen atoms in total. The molecule has 14 heteroatoms. The number of nitrogens with zero attached hydrogens (tertiary/aromatic N) is 4. The molecule has 1 aliphatic rings. The largest absolute Gasteiger partial charge is 0.438 e. The van der Waals surface area contributed by atoms with Crippen molar-refractivity contribution < 1.29 is 26.7 Å². The van der Waals surface area contributed by atoms with Crippen molar-refractivity contribution in [3.63, 3.8) is 0 Å². The summed E-state index contributed by atoms with van der Waals surface area (Å²) >= 11 is 0. The maximum Gasteiger partial charge on any atom is 0.304 e. The van der Waals surface area contributed by atoms with E-state index < -0.39 is 39.4 Å². The number of hydrogen-bond donors (Lipinski definition) is 3. The van der Waals surface area contributed by atoms with Gasteiger partial charge in [0.05, 0.1) is 12.2 Å². The molecule has 190 valence electrons. The van der Waals surface area contributed by atoms with E-state index >= 15 is 0 Å². The van der Waals surface area contributed by atoms with Gasteiger partial charge in [0.15, 0.2) is 21.5 Å². The first-order valence-corrected chi connectivity index (χ1v) is 12.8. The zero-order chi connectivity index (χ0) is 25.9. The molecule has 3 aromatic rings. The lowest BCUT2D eigenvalue weighted by atomic mass is 10.1. The standard InChI is InChI=1S/C22H23F2N7O4S/c1-22(23,24)21-28-18(27-16-12-25-31-30-16)17(20(29-21)35-14-6-4-3-5-7-14)19(32)26-15(13-8-9-13)10-11-36(2,33)34/h3-7,10-13,15H,8-9H2,1-2H3,(H,26,32)(H2,25,27,28,29,30,31)/b11-10+/t15-/m1/s1. The van der Waals surface area contributed by atoms with Crippen LogP contribution in [0.5, 0.6) is 11.6 Å². The van der Waals surface area contributed by atoms with Gasteiger partial charge in [-0.25, -0.2) is 13.4 Å². The third-order valence-corrected chi connectivity index (χ3v) is 5.73. The van der Waals surface area contributed by atoms with Crippen molar-refractivity contribution in [1.29, 1.82) is 0 Å². The van der Waals surface area contributed by atoms with Crippen LogP contribution >= 0.6 is 0 Å². The average molecular weight is 520 g/mol. The lowest BCUT2D eigenvalue weighted by molar-refractivity contribution is 0.00725. The van der Waals surface area contributed by atoms with E-state index in [9.17, 15) is 22.0 Å². The molecule has 0 bridgehead atoms. The molecule has 0 spiro atoms. The Morgan fingerprint density at radius 1 is 1.25 bits per heavy atom. The highest BCUT2D eigenvalue weighted by molar-refractivity contribution is 7.93. The number of para-hydroxylation sites is 1. The molecule has 1 aliphatic carbocycles. The molecule has 4 rings (SSSR count). The van der Waals surface area contributed by atoms with Gasteiger partial charge in [0, 0.05) is 18.6 Å². The Kier molecular flexibility index (Phi) is 6.97. The SMILES string of the molecule is CC(F)(F)c1nc(Nc2cn[nH]n2)c(C(=O)N[C@H](/C=C/S(C)(=O)=O)C2CC2)c(Oc2ccccc2)n1. The molecule has 0 unspecified atom stereocenters. The number of hydrogen-bond acceptors (Lipinski definition) is 9. The third kappa shape index (κ3) is 6.59. The number of H-pyrrole nitrogens is 1. The predicted molar refractivity (Wildman–Crippen MR) is 126 cm³/mol. The third-order valence-electron chi connectivity index (χ3n) is 5.08. The Bertz CT molecular complexity index is 1360. The van der Waals surface area contributed by atoms with Crippen molar-refractivity contribution in [2.75, 3.05) is 11.6 Å². The van der Waals surface area contributed by atoms with Crippen LogP contribution in [0.25, 0.3) is 0 Å². The number of alkyl halides is 2. The molecule has 2 aromatic heterocycles. The van der Waals surface area contributed by atoms with Crippen molar-refractivity contribution >= 4 is 27.4 Å². The van der Waals surface area contributed by atoms with Gasteiger partial charge >= 0.3 is 5.92 Å². The van der Waals surface area contributed by atoms with Crippen LogP contribution in [0.1, 0.15) is 35.9 Å². The van der Waals surface area contributed by atoms with E-state index in [0.717, 1.165) is 24.5 Å². The molecular formula is C22H23F2N7O4S. The van der Waals surface area contributed by atoms with Gasteiger partial charge in [0.1, 0.15) is 11.3 Å². The molecule has 1 atom stereocenters. The number of anilines is 2. The maximum atomic E-state index is 14.3. The van der Waals surface area contributed by atoms with Crippen LogP contribution in [0.3, 0.4) is 0 Å². The molecule has 3 N–H and O–H groups in total. The summed E-state index contributed by atoms with van der Waals surface area (Å²) < 4.78 is 57.6. The van der Waals surface area contributed by atoms with Crippen LogP contribution in [-0.4, -0.2) is 52.0 Å². The first-order chi connectivity index (χ1) is 17.0. The zero-order valence-corrected chi connectivity index (χ0v) is 20.1. The molecule has 0 saturated heterocycles. The van der Waals surface area contributed by atoms with Gasteiger partial charge in [-0.3, -0.25) is 4.79 Å². The van der Waals surface area contributed by atoms with Crippen LogP contribution in [0, 0.1) is 5.92 Å². The predicted octanol–water partition coefficient (Wildman–Crippen LogP) is 3.31. The van der Waals surface area contributed by atoms with Crippen LogP contribution in [0.4, 0.5) is 20.4 Å². The topological polar surface area (TPSA) is 152 Å². The first kappa shape index (κ1) is 25.2. The van der Waals surface area contributed by atoms with Crippen molar-refractivity contribution in [2.24, 2.45) is 5.92 Å². The van der Waals surface area contributed by atoms with E-state index in [1.807, 2.05) is 0 Å². The van der Waals surface area contributed by atoms with Gasteiger partial charge in [0.2, 0.25) is 11.7 Å². The van der Waals surface area contributed by atoms with Gasteiger partial charge in [0.25, 0.3) is 5.91 Å². The number of rotatable bonds is 10. The van der Waals surface area contributed by atoms with Gasteiger partial charge in [-0.1, -0.05) is 24.3 Å². The Morgan fingerprint density at radius 2 is 1.97 bits per heavy atom. The number of halogens is 2. The van der Waals surface area contributed by atoms with Gasteiger partial charge < -0.3 is 15.4 Å². The molecule has 36 heavy (non-hydrogen) atoms. The summed E-state index contributed by atoms with van der Waals surface area (Å²) in [6, 6.07) is 7.58. The number of nitrogens with one attached hydrogen (secondary N) is 3. The van der Waals surface area contributed by atoms with Crippen molar-refractivity contribution in [3.8, 4) is 11.6 Å². The van der Waals surface area contributed by atoms with Gasteiger partial charge in [-0.05, 0) is 30.9 Å². The van der Waals surface area contributed by atoms with Crippen LogP contribution in [0.2, 0.25) is 0 Å². The molecule has 0 radical (unpaired) electrons. The van der Waals surface area contributed by atoms with E-state index in [4.69, 9.17) is 4.74 Å². The number of ether oxygens (including phenoxy) is 1. The van der Waals surface area contributed by atoms with Crippen molar-refractivity contribution in [3.05, 3.63) is 59.4 Å². The first-order valence-electron chi connectivity index (χ1n) is 10.8. The highest BCUT2D eigenvalue weighted by Crippen LogP contribution is 2.36. The van der Waals surface area contributed by atoms with Crippen molar-refractivity contribution in [1.82, 2.24) is 30.7 Å². The summed E-state index contributed by atoms with van der Waals surface area (Å²) in [7, 11) is -3.43. The smallest absolute Gasteiger partial charge is 0.304 e. The van der Waals surface area contributed by atoms with Crippen LogP contribution in [0.15, 0.2) is 48.0 Å². The zero-order valence-electron chi connectivity index (χ0n) is 19.3.